The van der Waals surface area contributed by atoms with E-state index in [1.165, 1.54) is 13.2 Å². The molecule has 3 rings (SSSR count). The molecule has 5 nitrogen and oxygen atoms in total. The molecule has 0 atom stereocenters. The Kier molecular flexibility index (Phi) is 2.79. The van der Waals surface area contributed by atoms with E-state index >= 15 is 0 Å². The average Bonchev–Trinajstić information content (AvgIpc) is 3.23. The molecule has 0 bridgehead atoms. The molecule has 0 amide bonds. The molecule has 0 radical (unpaired) electrons. The lowest BCUT2D eigenvalue weighted by molar-refractivity contribution is -0.133. The molecule has 0 aromatic heterocycles. The van der Waals surface area contributed by atoms with E-state index < -0.39 is 11.6 Å². The highest BCUT2D eigenvalue weighted by Gasteiger charge is 2.55. The lowest BCUT2D eigenvalue weighted by Crippen LogP contribution is -2.38. The van der Waals surface area contributed by atoms with Crippen molar-refractivity contribution in [3.63, 3.8) is 0 Å². The van der Waals surface area contributed by atoms with Crippen LogP contribution in [0.15, 0.2) is 29.3 Å². The fourth-order valence-corrected chi connectivity index (χ4v) is 2.21. The summed E-state index contributed by atoms with van der Waals surface area (Å²) >= 11 is 0. The molecule has 0 N–H and O–H groups in total. The van der Waals surface area contributed by atoms with Crippen molar-refractivity contribution in [2.75, 3.05) is 7.11 Å². The first-order valence-corrected chi connectivity index (χ1v) is 6.25. The third-order valence-corrected chi connectivity index (χ3v) is 3.39. The molecule has 100 valence electrons. The zero-order chi connectivity index (χ0) is 14.2. The Labute approximate surface area is 116 Å². The van der Waals surface area contributed by atoms with E-state index in [9.17, 15) is 4.79 Å². The Morgan fingerprint density at radius 3 is 3.00 bits per heavy atom. The molecule has 1 aromatic carbocycles. The Morgan fingerprint density at radius 1 is 1.55 bits per heavy atom. The monoisotopic (exact) mass is 268 g/mol. The van der Waals surface area contributed by atoms with Gasteiger partial charge in [-0.05, 0) is 36.6 Å². The van der Waals surface area contributed by atoms with Crippen LogP contribution in [-0.4, -0.2) is 24.4 Å². The van der Waals surface area contributed by atoms with Crippen molar-refractivity contribution in [1.29, 1.82) is 5.26 Å². The molecule has 1 spiro atoms. The SMILES string of the molecule is COC(=O)C1=Nc2cc(/C=C\C#N)ccc2OC12CC2. The Hall–Kier alpha value is -2.61. The van der Waals surface area contributed by atoms with E-state index in [1.807, 2.05) is 18.2 Å². The largest absolute Gasteiger partial charge is 0.478 e. The number of benzene rings is 1. The molecule has 2 aliphatic rings. The van der Waals surface area contributed by atoms with Gasteiger partial charge < -0.3 is 9.47 Å². The number of methoxy groups -OCH3 is 1. The predicted molar refractivity (Wildman–Crippen MR) is 72.8 cm³/mol. The van der Waals surface area contributed by atoms with Crippen molar-refractivity contribution >= 4 is 23.4 Å². The molecule has 0 unspecified atom stereocenters. The van der Waals surface area contributed by atoms with Gasteiger partial charge in [-0.25, -0.2) is 9.79 Å². The Balaban J connectivity index is 2.03. The van der Waals surface area contributed by atoms with Crippen molar-refractivity contribution in [2.24, 2.45) is 4.99 Å². The van der Waals surface area contributed by atoms with Crippen LogP contribution in [0, 0.1) is 11.3 Å². The highest BCUT2D eigenvalue weighted by atomic mass is 16.5. The summed E-state index contributed by atoms with van der Waals surface area (Å²) in [6, 6.07) is 7.37. The number of fused-ring (bicyclic) bond motifs is 1. The number of rotatable bonds is 2. The lowest BCUT2D eigenvalue weighted by Gasteiger charge is -2.24. The second-order valence-electron chi connectivity index (χ2n) is 4.74. The molecule has 1 aliphatic heterocycles. The zero-order valence-corrected chi connectivity index (χ0v) is 10.9. The zero-order valence-electron chi connectivity index (χ0n) is 10.9. The minimum Gasteiger partial charge on any atom is -0.478 e. The maximum atomic E-state index is 11.8. The molecule has 1 aromatic rings. The predicted octanol–water partition coefficient (Wildman–Crippen LogP) is 2.39. The summed E-state index contributed by atoms with van der Waals surface area (Å²) in [5.74, 6) is 0.204. The molecule has 20 heavy (non-hydrogen) atoms. The van der Waals surface area contributed by atoms with E-state index in [-0.39, 0.29) is 0 Å². The third kappa shape index (κ3) is 1.95. The number of allylic oxidation sites excluding steroid dienone is 1. The van der Waals surface area contributed by atoms with Gasteiger partial charge in [-0.3, -0.25) is 0 Å². The number of nitrogens with zero attached hydrogens (tertiary/aromatic N) is 2. The molecule has 0 saturated heterocycles. The highest BCUT2D eigenvalue weighted by Crippen LogP contribution is 2.48. The van der Waals surface area contributed by atoms with Gasteiger partial charge in [0.2, 0.25) is 0 Å². The van der Waals surface area contributed by atoms with E-state index in [0.29, 0.717) is 17.1 Å². The maximum Gasteiger partial charge on any atom is 0.356 e. The fourth-order valence-electron chi connectivity index (χ4n) is 2.21. The van der Waals surface area contributed by atoms with Gasteiger partial charge in [0.1, 0.15) is 11.4 Å². The van der Waals surface area contributed by atoms with Gasteiger partial charge in [-0.15, -0.1) is 0 Å². The summed E-state index contributed by atoms with van der Waals surface area (Å²) in [6.07, 6.45) is 4.61. The van der Waals surface area contributed by atoms with Gasteiger partial charge in [-0.2, -0.15) is 5.26 Å². The lowest BCUT2D eigenvalue weighted by atomic mass is 10.1. The molecule has 1 heterocycles. The molecular formula is C15H12N2O3. The van der Waals surface area contributed by atoms with Crippen molar-refractivity contribution in [1.82, 2.24) is 0 Å². The topological polar surface area (TPSA) is 71.7 Å². The van der Waals surface area contributed by atoms with Crippen LogP contribution in [0.25, 0.3) is 6.08 Å². The minimum absolute atomic E-state index is 0.328. The highest BCUT2D eigenvalue weighted by molar-refractivity contribution is 6.41. The smallest absolute Gasteiger partial charge is 0.356 e. The number of carbonyl (C=O) groups is 1. The van der Waals surface area contributed by atoms with Gasteiger partial charge in [-0.1, -0.05) is 6.07 Å². The number of hydrogen-bond acceptors (Lipinski definition) is 5. The minimum atomic E-state index is -0.593. The molecule has 1 fully saturated rings. The van der Waals surface area contributed by atoms with E-state index in [1.54, 1.807) is 12.1 Å². The number of aliphatic imine (C=N–C) groups is 1. The number of esters is 1. The van der Waals surface area contributed by atoms with E-state index in [2.05, 4.69) is 4.99 Å². The normalized spacial score (nSPS) is 17.9. The number of nitriles is 1. The van der Waals surface area contributed by atoms with Crippen molar-refractivity contribution in [3.8, 4) is 11.8 Å². The first-order valence-electron chi connectivity index (χ1n) is 6.25. The first kappa shape index (κ1) is 12.4. The van der Waals surface area contributed by atoms with Gasteiger partial charge in [0.15, 0.2) is 11.3 Å². The van der Waals surface area contributed by atoms with E-state index in [4.69, 9.17) is 14.7 Å². The van der Waals surface area contributed by atoms with Crippen LogP contribution in [0.3, 0.4) is 0 Å². The Morgan fingerprint density at radius 2 is 2.35 bits per heavy atom. The number of hydrogen-bond donors (Lipinski definition) is 0. The summed E-state index contributed by atoms with van der Waals surface area (Å²) in [5, 5.41) is 8.54. The maximum absolute atomic E-state index is 11.8. The standard InChI is InChI=1S/C15H12N2O3/c1-19-14(18)13-15(6-7-15)20-12-5-4-10(3-2-8-16)9-11(12)17-13/h2-5,9H,6-7H2,1H3/b3-2-. The fraction of sp³-hybridized carbons (Fsp3) is 0.267. The molecule has 1 saturated carbocycles. The third-order valence-electron chi connectivity index (χ3n) is 3.39. The van der Waals surface area contributed by atoms with Gasteiger partial charge in [0, 0.05) is 6.08 Å². The second kappa shape index (κ2) is 4.49. The molecular weight excluding hydrogens is 256 g/mol. The molecule has 5 heteroatoms. The Bertz CT molecular complexity index is 679. The summed E-state index contributed by atoms with van der Waals surface area (Å²) < 4.78 is 10.7. The number of carbonyl (C=O) groups excluding carboxylic acids is 1. The van der Waals surface area contributed by atoms with Crippen LogP contribution in [-0.2, 0) is 9.53 Å². The van der Waals surface area contributed by atoms with Crippen LogP contribution in [0.1, 0.15) is 18.4 Å². The van der Waals surface area contributed by atoms with Gasteiger partial charge in [0.05, 0.1) is 13.2 Å². The summed E-state index contributed by atoms with van der Waals surface area (Å²) in [7, 11) is 1.34. The summed E-state index contributed by atoms with van der Waals surface area (Å²) in [4.78, 5) is 16.2. The van der Waals surface area contributed by atoms with Crippen molar-refractivity contribution in [2.45, 2.75) is 18.4 Å². The number of ether oxygens (including phenoxy) is 2. The quantitative estimate of drug-likeness (QED) is 0.610. The summed E-state index contributed by atoms with van der Waals surface area (Å²) in [6.45, 7) is 0. The average molecular weight is 268 g/mol. The second-order valence-corrected chi connectivity index (χ2v) is 4.74. The molecule has 1 aliphatic carbocycles. The van der Waals surface area contributed by atoms with Gasteiger partial charge in [0.25, 0.3) is 0 Å². The summed E-state index contributed by atoms with van der Waals surface area (Å²) in [5.41, 5.74) is 1.15. The van der Waals surface area contributed by atoms with Crippen LogP contribution in [0.2, 0.25) is 0 Å². The van der Waals surface area contributed by atoms with Crippen LogP contribution in [0.5, 0.6) is 5.75 Å². The van der Waals surface area contributed by atoms with E-state index in [0.717, 1.165) is 18.4 Å². The van der Waals surface area contributed by atoms with Crippen LogP contribution >= 0.6 is 0 Å². The first-order chi connectivity index (χ1) is 9.68. The van der Waals surface area contributed by atoms with Crippen molar-refractivity contribution in [3.05, 3.63) is 29.8 Å². The van der Waals surface area contributed by atoms with Crippen LogP contribution in [0.4, 0.5) is 5.69 Å². The van der Waals surface area contributed by atoms with Crippen LogP contribution < -0.4 is 4.74 Å². The van der Waals surface area contributed by atoms with Gasteiger partial charge >= 0.3 is 5.97 Å². The van der Waals surface area contributed by atoms with Crippen molar-refractivity contribution < 1.29 is 14.3 Å².